The summed E-state index contributed by atoms with van der Waals surface area (Å²) in [6, 6.07) is 8.01. The van der Waals surface area contributed by atoms with E-state index in [1.807, 2.05) is 58.9 Å². The van der Waals surface area contributed by atoms with Crippen LogP contribution in [0.1, 0.15) is 115 Å². The van der Waals surface area contributed by atoms with Crippen LogP contribution in [0.4, 0.5) is 0 Å². The summed E-state index contributed by atoms with van der Waals surface area (Å²) in [5.74, 6) is 0. The van der Waals surface area contributed by atoms with E-state index in [4.69, 9.17) is 0 Å². The summed E-state index contributed by atoms with van der Waals surface area (Å²) < 4.78 is 14.4. The van der Waals surface area contributed by atoms with E-state index < -0.39 is 18.2 Å². The van der Waals surface area contributed by atoms with E-state index in [2.05, 4.69) is 41.5 Å². The Labute approximate surface area is 207 Å². The van der Waals surface area contributed by atoms with Gasteiger partial charge in [-0.15, -0.1) is 0 Å². The van der Waals surface area contributed by atoms with Crippen molar-refractivity contribution in [2.24, 2.45) is 0 Å². The summed E-state index contributed by atoms with van der Waals surface area (Å²) in [6.45, 7) is 22.3. The van der Waals surface area contributed by atoms with Gasteiger partial charge in [-0.3, -0.25) is 9.59 Å². The predicted molar refractivity (Wildman–Crippen MR) is 145 cm³/mol. The van der Waals surface area contributed by atoms with E-state index in [1.54, 1.807) is 0 Å². The Balaban J connectivity index is 2.69. The first-order chi connectivity index (χ1) is 15.4. The zero-order valence-corrected chi connectivity index (χ0v) is 24.0. The number of carbonyl (C=O) groups excluding carboxylic acids is 2. The molecule has 2 aromatic rings. The molecule has 0 aliphatic rings. The molecule has 0 aliphatic carbocycles. The van der Waals surface area contributed by atoms with Gasteiger partial charge in [-0.25, -0.2) is 0 Å². The fraction of sp³-hybridized carbons (Fsp3) is 0.533. The summed E-state index contributed by atoms with van der Waals surface area (Å²) in [5.41, 5.74) is 5.18. The minimum absolute atomic E-state index is 0.0676. The van der Waals surface area contributed by atoms with Crippen molar-refractivity contribution >= 4 is 18.2 Å². The van der Waals surface area contributed by atoms with E-state index >= 15 is 0 Å². The second-order valence-corrected chi connectivity index (χ2v) is 14.6. The van der Waals surface area contributed by atoms with Crippen LogP contribution in [-0.4, -0.2) is 17.2 Å². The van der Waals surface area contributed by atoms with Crippen molar-refractivity contribution in [3.05, 3.63) is 68.8 Å². The number of rotatable bonds is 7. The lowest BCUT2D eigenvalue weighted by atomic mass is 9.84. The fourth-order valence-corrected chi connectivity index (χ4v) is 7.29. The molecule has 0 aliphatic heterocycles. The molecule has 2 rings (SSSR count). The molecular formula is C30H43O3P. The number of unbranched alkanes of at least 4 members (excludes halogenated alkanes) is 1. The molecule has 0 unspecified atom stereocenters. The highest BCUT2D eigenvalue weighted by Gasteiger charge is 2.42. The SMILES string of the molecule is CCCCP(=O)(C(=O)c1c(C)cc(C(C)(C)C)cc1C)C(=O)c1c(C)cc(C(C)(C)C)cc1C. The zero-order valence-electron chi connectivity index (χ0n) is 23.1. The highest BCUT2D eigenvalue weighted by molar-refractivity contribution is 7.95. The van der Waals surface area contributed by atoms with E-state index in [0.29, 0.717) is 17.5 Å². The standard InChI is InChI=1S/C30H43O3P/c1-12-13-14-34(33,27(31)25-19(2)15-23(16-20(25)3)29(6,7)8)28(32)26-21(4)17-24(18-22(26)5)30(9,10)11/h15-18H,12-14H2,1-11H3. The summed E-state index contributed by atoms with van der Waals surface area (Å²) in [4.78, 5) is 27.9. The molecule has 0 saturated carbocycles. The van der Waals surface area contributed by atoms with Crippen molar-refractivity contribution in [2.75, 3.05) is 6.16 Å². The van der Waals surface area contributed by atoms with Crippen molar-refractivity contribution in [3.8, 4) is 0 Å². The summed E-state index contributed by atoms with van der Waals surface area (Å²) in [5, 5.41) is 0. The van der Waals surface area contributed by atoms with E-state index in [0.717, 1.165) is 39.8 Å². The Morgan fingerprint density at radius 3 is 1.21 bits per heavy atom. The highest BCUT2D eigenvalue weighted by Crippen LogP contribution is 2.54. The third-order valence-electron chi connectivity index (χ3n) is 6.71. The molecule has 0 bridgehead atoms. The van der Waals surface area contributed by atoms with E-state index in [1.165, 1.54) is 0 Å². The molecule has 3 nitrogen and oxygen atoms in total. The average molecular weight is 483 g/mol. The predicted octanol–water partition coefficient (Wildman–Crippen LogP) is 8.66. The van der Waals surface area contributed by atoms with Gasteiger partial charge < -0.3 is 4.57 Å². The molecule has 0 spiro atoms. The molecule has 0 N–H and O–H groups in total. The number of benzene rings is 2. The Kier molecular flexibility index (Phi) is 8.26. The monoisotopic (exact) mass is 482 g/mol. The first-order valence-corrected chi connectivity index (χ1v) is 14.3. The molecule has 0 radical (unpaired) electrons. The maximum atomic E-state index is 14.4. The minimum atomic E-state index is -3.86. The Bertz CT molecular complexity index is 1030. The number of carbonyl (C=O) groups is 2. The smallest absolute Gasteiger partial charge is 0.229 e. The van der Waals surface area contributed by atoms with Crippen molar-refractivity contribution in [3.63, 3.8) is 0 Å². The van der Waals surface area contributed by atoms with Crippen molar-refractivity contribution in [1.29, 1.82) is 0 Å². The molecule has 0 aromatic heterocycles. The highest BCUT2D eigenvalue weighted by atomic mass is 31.2. The number of aryl methyl sites for hydroxylation is 4. The summed E-state index contributed by atoms with van der Waals surface area (Å²) >= 11 is 0. The van der Waals surface area contributed by atoms with Gasteiger partial charge in [-0.1, -0.05) is 79.2 Å². The number of hydrogen-bond acceptors (Lipinski definition) is 3. The second kappa shape index (κ2) is 9.94. The molecule has 0 amide bonds. The maximum Gasteiger partial charge on any atom is 0.229 e. The van der Waals surface area contributed by atoms with Gasteiger partial charge in [0.05, 0.1) is 0 Å². The summed E-state index contributed by atoms with van der Waals surface area (Å²) in [6.07, 6.45) is 1.46. The van der Waals surface area contributed by atoms with Gasteiger partial charge in [-0.05, 0) is 78.3 Å². The molecule has 0 fully saturated rings. The molecule has 34 heavy (non-hydrogen) atoms. The van der Waals surface area contributed by atoms with Crippen LogP contribution >= 0.6 is 7.14 Å². The van der Waals surface area contributed by atoms with Crippen molar-refractivity contribution in [1.82, 2.24) is 0 Å². The van der Waals surface area contributed by atoms with Gasteiger partial charge in [0.15, 0.2) is 0 Å². The molecule has 0 heterocycles. The lowest BCUT2D eigenvalue weighted by Gasteiger charge is -2.25. The Morgan fingerprint density at radius 1 is 0.676 bits per heavy atom. The third kappa shape index (κ3) is 5.62. The lowest BCUT2D eigenvalue weighted by Crippen LogP contribution is -2.19. The second-order valence-electron chi connectivity index (χ2n) is 11.9. The molecule has 0 atom stereocenters. The molecule has 4 heteroatoms. The Hall–Kier alpha value is -1.99. The first-order valence-electron chi connectivity index (χ1n) is 12.4. The van der Waals surface area contributed by atoms with E-state index in [9.17, 15) is 14.2 Å². The quantitative estimate of drug-likeness (QED) is 0.371. The van der Waals surface area contributed by atoms with Crippen LogP contribution < -0.4 is 0 Å². The normalized spacial score (nSPS) is 12.7. The van der Waals surface area contributed by atoms with Crippen LogP contribution in [0.5, 0.6) is 0 Å². The van der Waals surface area contributed by atoms with Crippen LogP contribution in [0.3, 0.4) is 0 Å². The molecular weight excluding hydrogens is 439 g/mol. The topological polar surface area (TPSA) is 51.2 Å². The van der Waals surface area contributed by atoms with E-state index in [-0.39, 0.29) is 17.0 Å². The first kappa shape index (κ1) is 28.2. The van der Waals surface area contributed by atoms with Gasteiger partial charge in [0.2, 0.25) is 18.2 Å². The van der Waals surface area contributed by atoms with Gasteiger partial charge >= 0.3 is 0 Å². The fourth-order valence-electron chi connectivity index (χ4n) is 4.51. The Morgan fingerprint density at radius 2 is 0.971 bits per heavy atom. The lowest BCUT2D eigenvalue weighted by molar-refractivity contribution is 0.103. The van der Waals surface area contributed by atoms with Crippen molar-refractivity contribution < 1.29 is 14.2 Å². The maximum absolute atomic E-state index is 14.4. The largest absolute Gasteiger partial charge is 0.307 e. The van der Waals surface area contributed by atoms with Crippen LogP contribution in [0.25, 0.3) is 0 Å². The minimum Gasteiger partial charge on any atom is -0.307 e. The number of hydrogen-bond donors (Lipinski definition) is 0. The van der Waals surface area contributed by atoms with Crippen LogP contribution in [0, 0.1) is 27.7 Å². The van der Waals surface area contributed by atoms with Crippen LogP contribution in [-0.2, 0) is 15.4 Å². The van der Waals surface area contributed by atoms with Gasteiger partial charge in [0.25, 0.3) is 0 Å². The molecule has 2 aromatic carbocycles. The molecule has 0 saturated heterocycles. The van der Waals surface area contributed by atoms with Gasteiger partial charge in [0.1, 0.15) is 0 Å². The third-order valence-corrected chi connectivity index (χ3v) is 9.41. The van der Waals surface area contributed by atoms with Crippen LogP contribution in [0.2, 0.25) is 0 Å². The van der Waals surface area contributed by atoms with Crippen molar-refractivity contribution in [2.45, 2.75) is 99.8 Å². The van der Waals surface area contributed by atoms with Gasteiger partial charge in [-0.2, -0.15) is 0 Å². The molecule has 186 valence electrons. The average Bonchev–Trinajstić information content (AvgIpc) is 2.69. The van der Waals surface area contributed by atoms with Gasteiger partial charge in [0, 0.05) is 17.3 Å². The summed E-state index contributed by atoms with van der Waals surface area (Å²) in [7, 11) is -3.86. The van der Waals surface area contributed by atoms with Crippen LogP contribution in [0.15, 0.2) is 24.3 Å². The zero-order chi connectivity index (χ0) is 26.2.